The predicted octanol–water partition coefficient (Wildman–Crippen LogP) is 5.92. The Morgan fingerprint density at radius 3 is 2.00 bits per heavy atom. The number of para-hydroxylation sites is 1. The third kappa shape index (κ3) is 2.25. The molecule has 0 saturated carbocycles. The highest BCUT2D eigenvalue weighted by Gasteiger charge is 2.28. The van der Waals surface area contributed by atoms with Gasteiger partial charge in [-0.05, 0) is 28.0 Å². The Hall–Kier alpha value is -1.76. The lowest BCUT2D eigenvalue weighted by atomic mass is 9.74. The molecule has 1 nitrogen and oxygen atoms in total. The topological polar surface area (TPSA) is 15.8 Å². The van der Waals surface area contributed by atoms with Gasteiger partial charge in [0.05, 0.1) is 5.52 Å². The van der Waals surface area contributed by atoms with E-state index in [2.05, 4.69) is 82.9 Å². The molecule has 0 radical (unpaired) electrons. The van der Waals surface area contributed by atoms with E-state index in [0.717, 1.165) is 0 Å². The second-order valence-corrected chi connectivity index (χ2v) is 8.08. The lowest BCUT2D eigenvalue weighted by Gasteiger charge is -2.30. The second-order valence-electron chi connectivity index (χ2n) is 8.08. The van der Waals surface area contributed by atoms with Crippen molar-refractivity contribution in [2.45, 2.75) is 52.4 Å². The zero-order chi connectivity index (χ0) is 15.4. The number of rotatable bonds is 0. The Morgan fingerprint density at radius 1 is 0.714 bits per heavy atom. The van der Waals surface area contributed by atoms with Crippen LogP contribution in [0.2, 0.25) is 0 Å². The molecule has 0 saturated heterocycles. The quantitative estimate of drug-likeness (QED) is 0.526. The molecule has 0 aliphatic heterocycles. The Morgan fingerprint density at radius 2 is 1.38 bits per heavy atom. The molecule has 1 heterocycles. The predicted molar refractivity (Wildman–Crippen MR) is 93.2 cm³/mol. The van der Waals surface area contributed by atoms with Crippen molar-refractivity contribution in [2.75, 3.05) is 0 Å². The first kappa shape index (κ1) is 14.2. The zero-order valence-corrected chi connectivity index (χ0v) is 14.0. The van der Waals surface area contributed by atoms with Crippen LogP contribution in [0.4, 0.5) is 0 Å². The molecule has 3 rings (SSSR count). The maximum atomic E-state index is 3.67. The molecule has 0 aliphatic carbocycles. The maximum Gasteiger partial charge on any atom is 0.0505 e. The highest BCUT2D eigenvalue weighted by Crippen LogP contribution is 2.40. The summed E-state index contributed by atoms with van der Waals surface area (Å²) in [4.78, 5) is 3.67. The van der Waals surface area contributed by atoms with E-state index in [1.165, 1.54) is 32.9 Å². The summed E-state index contributed by atoms with van der Waals surface area (Å²) in [7, 11) is 0. The van der Waals surface area contributed by atoms with E-state index in [1.807, 2.05) is 0 Å². The summed E-state index contributed by atoms with van der Waals surface area (Å²) < 4.78 is 0. The molecule has 1 N–H and O–H groups in total. The summed E-state index contributed by atoms with van der Waals surface area (Å²) in [6, 6.07) is 13.2. The van der Waals surface area contributed by atoms with Gasteiger partial charge < -0.3 is 4.98 Å². The van der Waals surface area contributed by atoms with Gasteiger partial charge >= 0.3 is 0 Å². The Kier molecular flexibility index (Phi) is 2.95. The van der Waals surface area contributed by atoms with Crippen LogP contribution in [0.25, 0.3) is 21.8 Å². The van der Waals surface area contributed by atoms with Gasteiger partial charge in [0.2, 0.25) is 0 Å². The number of aromatic nitrogens is 1. The van der Waals surface area contributed by atoms with Crippen LogP contribution >= 0.6 is 0 Å². The third-order valence-corrected chi connectivity index (χ3v) is 4.24. The zero-order valence-electron chi connectivity index (χ0n) is 14.0. The molecule has 0 amide bonds. The van der Waals surface area contributed by atoms with Crippen LogP contribution in [-0.4, -0.2) is 4.98 Å². The third-order valence-electron chi connectivity index (χ3n) is 4.24. The summed E-state index contributed by atoms with van der Waals surface area (Å²) >= 11 is 0. The largest absolute Gasteiger partial charge is 0.354 e. The van der Waals surface area contributed by atoms with Gasteiger partial charge in [-0.2, -0.15) is 0 Å². The van der Waals surface area contributed by atoms with Crippen LogP contribution in [0, 0.1) is 0 Å². The Bertz CT molecular complexity index is 807. The lowest BCUT2D eigenvalue weighted by Crippen LogP contribution is -2.22. The number of fused-ring (bicyclic) bond motifs is 3. The molecule has 0 bridgehead atoms. The van der Waals surface area contributed by atoms with Crippen molar-refractivity contribution in [1.29, 1.82) is 0 Å². The number of hydrogen-bond acceptors (Lipinski definition) is 0. The molecule has 0 spiro atoms. The maximum absolute atomic E-state index is 3.67. The lowest BCUT2D eigenvalue weighted by molar-refractivity contribution is 0.534. The summed E-state index contributed by atoms with van der Waals surface area (Å²) in [6.07, 6.45) is 0. The highest BCUT2D eigenvalue weighted by molar-refractivity contribution is 6.08. The fourth-order valence-electron chi connectivity index (χ4n) is 3.32. The number of benzene rings is 2. The van der Waals surface area contributed by atoms with E-state index < -0.39 is 0 Å². The molecule has 110 valence electrons. The van der Waals surface area contributed by atoms with Crippen LogP contribution in [0.5, 0.6) is 0 Å². The first-order chi connectivity index (χ1) is 9.69. The minimum atomic E-state index is 0.114. The van der Waals surface area contributed by atoms with Gasteiger partial charge in [0.1, 0.15) is 0 Å². The van der Waals surface area contributed by atoms with Crippen molar-refractivity contribution >= 4 is 21.8 Å². The smallest absolute Gasteiger partial charge is 0.0505 e. The van der Waals surface area contributed by atoms with Gasteiger partial charge in [-0.25, -0.2) is 0 Å². The minimum Gasteiger partial charge on any atom is -0.354 e. The first-order valence-electron chi connectivity index (χ1n) is 7.74. The van der Waals surface area contributed by atoms with E-state index in [-0.39, 0.29) is 10.8 Å². The molecule has 0 aliphatic rings. The molecular weight excluding hydrogens is 254 g/mol. The fraction of sp³-hybridized carbons (Fsp3) is 0.400. The second kappa shape index (κ2) is 4.37. The molecule has 21 heavy (non-hydrogen) atoms. The normalized spacial score (nSPS) is 13.2. The average Bonchev–Trinajstić information content (AvgIpc) is 2.73. The van der Waals surface area contributed by atoms with Crippen molar-refractivity contribution < 1.29 is 0 Å². The van der Waals surface area contributed by atoms with E-state index in [4.69, 9.17) is 0 Å². The Balaban J connectivity index is 2.50. The van der Waals surface area contributed by atoms with Crippen LogP contribution in [0.15, 0.2) is 36.4 Å². The van der Waals surface area contributed by atoms with Gasteiger partial charge in [-0.3, -0.25) is 0 Å². The molecule has 3 aromatic rings. The van der Waals surface area contributed by atoms with Gasteiger partial charge in [0, 0.05) is 16.3 Å². The minimum absolute atomic E-state index is 0.114. The molecule has 1 heteroatoms. The standard InChI is InChI=1S/C20H25N/c1-19(2,3)15-12-11-14-13-9-7-8-10-16(13)21-18(14)17(15)20(4,5)6/h7-12,21H,1-6H3. The van der Waals surface area contributed by atoms with Crippen LogP contribution in [0.3, 0.4) is 0 Å². The number of nitrogens with one attached hydrogen (secondary N) is 1. The molecular formula is C20H25N. The van der Waals surface area contributed by atoms with Crippen molar-refractivity contribution in [3.05, 3.63) is 47.5 Å². The monoisotopic (exact) mass is 279 g/mol. The van der Waals surface area contributed by atoms with Gasteiger partial charge in [0.15, 0.2) is 0 Å². The van der Waals surface area contributed by atoms with E-state index in [1.54, 1.807) is 0 Å². The molecule has 0 unspecified atom stereocenters. The summed E-state index contributed by atoms with van der Waals surface area (Å²) in [6.45, 7) is 13.8. The molecule has 0 fully saturated rings. The van der Waals surface area contributed by atoms with Crippen LogP contribution in [-0.2, 0) is 10.8 Å². The molecule has 2 aromatic carbocycles. The highest BCUT2D eigenvalue weighted by atomic mass is 14.7. The van der Waals surface area contributed by atoms with Crippen molar-refractivity contribution in [1.82, 2.24) is 4.98 Å². The number of hydrogen-bond donors (Lipinski definition) is 1. The van der Waals surface area contributed by atoms with Crippen molar-refractivity contribution in [2.24, 2.45) is 0 Å². The summed E-state index contributed by atoms with van der Waals surface area (Å²) in [5.74, 6) is 0. The fourth-order valence-corrected chi connectivity index (χ4v) is 3.32. The SMILES string of the molecule is CC(C)(C)c1ccc2c([nH]c3ccccc32)c1C(C)(C)C. The Labute approximate surface area is 127 Å². The van der Waals surface area contributed by atoms with Gasteiger partial charge in [0.25, 0.3) is 0 Å². The average molecular weight is 279 g/mol. The van der Waals surface area contributed by atoms with E-state index in [9.17, 15) is 0 Å². The van der Waals surface area contributed by atoms with E-state index in [0.29, 0.717) is 0 Å². The summed E-state index contributed by atoms with van der Waals surface area (Å²) in [5.41, 5.74) is 5.68. The van der Waals surface area contributed by atoms with Crippen molar-refractivity contribution in [3.8, 4) is 0 Å². The summed E-state index contributed by atoms with van der Waals surface area (Å²) in [5, 5.41) is 2.65. The number of H-pyrrole nitrogens is 1. The van der Waals surface area contributed by atoms with E-state index >= 15 is 0 Å². The number of aromatic amines is 1. The van der Waals surface area contributed by atoms with Gasteiger partial charge in [-0.15, -0.1) is 0 Å². The van der Waals surface area contributed by atoms with Crippen molar-refractivity contribution in [3.63, 3.8) is 0 Å². The molecule has 1 aromatic heterocycles. The van der Waals surface area contributed by atoms with Gasteiger partial charge in [-0.1, -0.05) is 71.9 Å². The van der Waals surface area contributed by atoms with Crippen LogP contribution in [0.1, 0.15) is 52.7 Å². The first-order valence-corrected chi connectivity index (χ1v) is 7.74. The van der Waals surface area contributed by atoms with Crippen LogP contribution < -0.4 is 0 Å². The molecule has 0 atom stereocenters.